The second-order valence-electron chi connectivity index (χ2n) is 5.52. The van der Waals surface area contributed by atoms with E-state index in [1.54, 1.807) is 7.11 Å². The second-order valence-corrected chi connectivity index (χ2v) is 6.44. The first kappa shape index (κ1) is 18.6. The normalized spacial score (nSPS) is 10.5. The van der Waals surface area contributed by atoms with Gasteiger partial charge in [-0.05, 0) is 50.2 Å². The first-order chi connectivity index (χ1) is 11.6. The molecule has 0 saturated carbocycles. The van der Waals surface area contributed by atoms with Gasteiger partial charge in [0.2, 0.25) is 0 Å². The first-order valence-electron chi connectivity index (χ1n) is 7.89. The Morgan fingerprint density at radius 2 is 1.79 bits per heavy atom. The molecule has 0 radical (unpaired) electrons. The summed E-state index contributed by atoms with van der Waals surface area (Å²) < 4.78 is 18.2. The van der Waals surface area contributed by atoms with Crippen molar-refractivity contribution in [1.29, 1.82) is 0 Å². The van der Waals surface area contributed by atoms with Crippen molar-refractivity contribution in [3.63, 3.8) is 0 Å². The Bertz CT molecular complexity index is 689. The van der Waals surface area contributed by atoms with Crippen molar-refractivity contribution in [3.8, 4) is 17.2 Å². The highest BCUT2D eigenvalue weighted by atomic mass is 79.9. The minimum atomic E-state index is 0.447. The van der Waals surface area contributed by atoms with Crippen LogP contribution in [0.15, 0.2) is 34.8 Å². The number of hydrogen-bond donors (Lipinski definition) is 1. The van der Waals surface area contributed by atoms with Gasteiger partial charge in [0.1, 0.15) is 19.0 Å². The average molecular weight is 394 g/mol. The van der Waals surface area contributed by atoms with Crippen LogP contribution in [0.25, 0.3) is 0 Å². The Kier molecular flexibility index (Phi) is 6.94. The number of rotatable bonds is 8. The van der Waals surface area contributed by atoms with Crippen LogP contribution in [0.4, 0.5) is 0 Å². The molecule has 0 spiro atoms. The van der Waals surface area contributed by atoms with Crippen LogP contribution in [-0.2, 0) is 6.54 Å². The minimum absolute atomic E-state index is 0.447. The molecule has 0 aliphatic heterocycles. The number of benzene rings is 2. The highest BCUT2D eigenvalue weighted by Gasteiger charge is 2.12. The Balaban J connectivity index is 2.02. The molecule has 0 bridgehead atoms. The Morgan fingerprint density at radius 1 is 1.04 bits per heavy atom. The zero-order valence-electron chi connectivity index (χ0n) is 14.6. The summed E-state index contributed by atoms with van der Waals surface area (Å²) in [6, 6.07) is 9.99. The largest absolute Gasteiger partial charge is 0.493 e. The van der Waals surface area contributed by atoms with Gasteiger partial charge in [0.15, 0.2) is 11.5 Å². The molecule has 2 rings (SSSR count). The molecule has 0 unspecified atom stereocenters. The summed E-state index contributed by atoms with van der Waals surface area (Å²) in [6.07, 6.45) is 0. The third-order valence-electron chi connectivity index (χ3n) is 3.83. The van der Waals surface area contributed by atoms with Crippen LogP contribution in [0.1, 0.15) is 16.7 Å². The third-order valence-corrected chi connectivity index (χ3v) is 4.28. The maximum Gasteiger partial charge on any atom is 0.165 e. The van der Waals surface area contributed by atoms with Crippen LogP contribution in [0, 0.1) is 13.8 Å². The first-order valence-corrected chi connectivity index (χ1v) is 8.69. The fourth-order valence-electron chi connectivity index (χ4n) is 2.44. The summed E-state index contributed by atoms with van der Waals surface area (Å²) >= 11 is 3.50. The Hall–Kier alpha value is -1.72. The zero-order chi connectivity index (χ0) is 17.5. The van der Waals surface area contributed by atoms with E-state index in [0.717, 1.165) is 27.1 Å². The molecule has 0 atom stereocenters. The summed E-state index contributed by atoms with van der Waals surface area (Å²) in [7, 11) is 3.55. The van der Waals surface area contributed by atoms with E-state index in [1.165, 1.54) is 5.56 Å². The summed E-state index contributed by atoms with van der Waals surface area (Å²) in [5.41, 5.74) is 3.42. The van der Waals surface area contributed by atoms with E-state index in [-0.39, 0.29) is 0 Å². The van der Waals surface area contributed by atoms with Crippen molar-refractivity contribution in [2.45, 2.75) is 20.4 Å². The standard InChI is InChI=1S/C19H24BrNO3/c1-13-6-5-7-17(14(13)2)23-8-9-24-19-15(12-21-3)10-16(20)11-18(19)22-4/h5-7,10-11,21H,8-9,12H2,1-4H3. The minimum Gasteiger partial charge on any atom is -0.493 e. The summed E-state index contributed by atoms with van der Waals surface area (Å²) in [5.74, 6) is 2.36. The molecular weight excluding hydrogens is 370 g/mol. The van der Waals surface area contributed by atoms with Crippen LogP contribution in [0.5, 0.6) is 17.2 Å². The molecule has 2 aromatic rings. The van der Waals surface area contributed by atoms with E-state index in [2.05, 4.69) is 41.2 Å². The Morgan fingerprint density at radius 3 is 2.50 bits per heavy atom. The van der Waals surface area contributed by atoms with Gasteiger partial charge in [0.25, 0.3) is 0 Å². The molecule has 1 N–H and O–H groups in total. The molecule has 4 nitrogen and oxygen atoms in total. The van der Waals surface area contributed by atoms with E-state index >= 15 is 0 Å². The van der Waals surface area contributed by atoms with Gasteiger partial charge in [0, 0.05) is 16.6 Å². The molecule has 0 heterocycles. The lowest BCUT2D eigenvalue weighted by molar-refractivity contribution is 0.209. The van der Waals surface area contributed by atoms with E-state index in [9.17, 15) is 0 Å². The molecule has 0 fully saturated rings. The molecule has 5 heteroatoms. The number of methoxy groups -OCH3 is 1. The predicted octanol–water partition coefficient (Wildman–Crippen LogP) is 4.25. The molecule has 0 aromatic heterocycles. The lowest BCUT2D eigenvalue weighted by atomic mass is 10.1. The van der Waals surface area contributed by atoms with E-state index < -0.39 is 0 Å². The summed E-state index contributed by atoms with van der Waals surface area (Å²) in [5, 5.41) is 3.15. The van der Waals surface area contributed by atoms with Gasteiger partial charge < -0.3 is 19.5 Å². The van der Waals surface area contributed by atoms with Gasteiger partial charge in [-0.25, -0.2) is 0 Å². The molecule has 24 heavy (non-hydrogen) atoms. The molecule has 2 aromatic carbocycles. The molecule has 130 valence electrons. The van der Waals surface area contributed by atoms with Crippen molar-refractivity contribution >= 4 is 15.9 Å². The second kappa shape index (κ2) is 8.94. The van der Waals surface area contributed by atoms with Crippen LogP contribution >= 0.6 is 15.9 Å². The molecule has 0 aliphatic rings. The molecular formula is C19H24BrNO3. The average Bonchev–Trinajstić information content (AvgIpc) is 2.56. The molecule has 0 saturated heterocycles. The zero-order valence-corrected chi connectivity index (χ0v) is 16.2. The van der Waals surface area contributed by atoms with Gasteiger partial charge in [-0.15, -0.1) is 0 Å². The summed E-state index contributed by atoms with van der Waals surface area (Å²) in [4.78, 5) is 0. The Labute approximate surface area is 152 Å². The maximum absolute atomic E-state index is 5.95. The van der Waals surface area contributed by atoms with Crippen LogP contribution in [0.2, 0.25) is 0 Å². The number of nitrogens with one attached hydrogen (secondary N) is 1. The van der Waals surface area contributed by atoms with Crippen LogP contribution < -0.4 is 19.5 Å². The lowest BCUT2D eigenvalue weighted by Gasteiger charge is -2.16. The number of hydrogen-bond acceptors (Lipinski definition) is 4. The van der Waals surface area contributed by atoms with E-state index in [4.69, 9.17) is 14.2 Å². The van der Waals surface area contributed by atoms with Gasteiger partial charge in [-0.1, -0.05) is 28.1 Å². The van der Waals surface area contributed by atoms with Crippen LogP contribution in [-0.4, -0.2) is 27.4 Å². The number of aryl methyl sites for hydroxylation is 1. The topological polar surface area (TPSA) is 39.7 Å². The van der Waals surface area contributed by atoms with Crippen molar-refractivity contribution in [2.75, 3.05) is 27.4 Å². The number of halogens is 1. The molecule has 0 aliphatic carbocycles. The van der Waals surface area contributed by atoms with E-state index in [1.807, 2.05) is 31.3 Å². The molecule has 0 amide bonds. The summed E-state index contributed by atoms with van der Waals surface area (Å²) in [6.45, 7) is 5.76. The third kappa shape index (κ3) is 4.65. The highest BCUT2D eigenvalue weighted by Crippen LogP contribution is 2.35. The van der Waals surface area contributed by atoms with Gasteiger partial charge in [-0.3, -0.25) is 0 Å². The van der Waals surface area contributed by atoms with Gasteiger partial charge in [-0.2, -0.15) is 0 Å². The van der Waals surface area contributed by atoms with Crippen LogP contribution in [0.3, 0.4) is 0 Å². The maximum atomic E-state index is 5.95. The smallest absolute Gasteiger partial charge is 0.165 e. The highest BCUT2D eigenvalue weighted by molar-refractivity contribution is 9.10. The lowest BCUT2D eigenvalue weighted by Crippen LogP contribution is -2.13. The van der Waals surface area contributed by atoms with Crippen molar-refractivity contribution in [1.82, 2.24) is 5.32 Å². The van der Waals surface area contributed by atoms with E-state index in [0.29, 0.717) is 25.5 Å². The van der Waals surface area contributed by atoms with Crippen molar-refractivity contribution < 1.29 is 14.2 Å². The fraction of sp³-hybridized carbons (Fsp3) is 0.368. The fourth-order valence-corrected chi connectivity index (χ4v) is 2.92. The van der Waals surface area contributed by atoms with Crippen molar-refractivity contribution in [3.05, 3.63) is 51.5 Å². The SMILES string of the molecule is CNCc1cc(Br)cc(OC)c1OCCOc1cccc(C)c1C. The van der Waals surface area contributed by atoms with Crippen molar-refractivity contribution in [2.24, 2.45) is 0 Å². The quantitative estimate of drug-likeness (QED) is 0.680. The predicted molar refractivity (Wildman–Crippen MR) is 100 cm³/mol. The van der Waals surface area contributed by atoms with Gasteiger partial charge in [0.05, 0.1) is 7.11 Å². The number of ether oxygens (including phenoxy) is 3. The monoisotopic (exact) mass is 393 g/mol. The van der Waals surface area contributed by atoms with Gasteiger partial charge >= 0.3 is 0 Å².